The van der Waals surface area contributed by atoms with Gasteiger partial charge in [0.1, 0.15) is 0 Å². The second-order valence-corrected chi connectivity index (χ2v) is 7.17. The second-order valence-electron chi connectivity index (χ2n) is 7.17. The van der Waals surface area contributed by atoms with Crippen LogP contribution in [0.2, 0.25) is 0 Å². The van der Waals surface area contributed by atoms with Gasteiger partial charge in [0.2, 0.25) is 5.91 Å². The van der Waals surface area contributed by atoms with Crippen LogP contribution in [-0.4, -0.2) is 24.4 Å². The summed E-state index contributed by atoms with van der Waals surface area (Å²) in [5.74, 6) is 0.546. The zero-order valence-corrected chi connectivity index (χ0v) is 13.5. The largest absolute Gasteiger partial charge is 0.349 e. The lowest BCUT2D eigenvalue weighted by molar-refractivity contribution is -0.119. The summed E-state index contributed by atoms with van der Waals surface area (Å²) in [7, 11) is 0. The molecule has 0 radical (unpaired) electrons. The zero-order valence-electron chi connectivity index (χ0n) is 13.5. The van der Waals surface area contributed by atoms with Crippen LogP contribution in [0.15, 0.2) is 18.2 Å². The van der Waals surface area contributed by atoms with E-state index in [-0.39, 0.29) is 17.7 Å². The van der Waals surface area contributed by atoms with Crippen LogP contribution >= 0.6 is 0 Å². The van der Waals surface area contributed by atoms with Crippen molar-refractivity contribution in [3.05, 3.63) is 29.3 Å². The molecule has 2 fully saturated rings. The number of carbonyl (C=O) groups is 2. The van der Waals surface area contributed by atoms with Crippen LogP contribution in [0.5, 0.6) is 0 Å². The Morgan fingerprint density at radius 2 is 1.83 bits per heavy atom. The molecule has 0 bridgehead atoms. The van der Waals surface area contributed by atoms with Gasteiger partial charge in [-0.3, -0.25) is 9.59 Å². The Balaban J connectivity index is 1.46. The number of hydrogen-bond donors (Lipinski definition) is 1. The lowest BCUT2D eigenvalue weighted by Crippen LogP contribution is -2.36. The second kappa shape index (κ2) is 5.99. The van der Waals surface area contributed by atoms with E-state index in [0.29, 0.717) is 6.04 Å². The van der Waals surface area contributed by atoms with Crippen molar-refractivity contribution in [1.82, 2.24) is 5.32 Å². The SMILES string of the molecule is O=C(NC1CCCCC1)c1ccc2c(c1)CCN2C(=O)C1CC1. The minimum atomic E-state index is 0.0340. The lowest BCUT2D eigenvalue weighted by Gasteiger charge is -2.23. The van der Waals surface area contributed by atoms with Gasteiger partial charge in [-0.15, -0.1) is 0 Å². The Bertz CT molecular complexity index is 630. The minimum Gasteiger partial charge on any atom is -0.349 e. The fraction of sp³-hybridized carbons (Fsp3) is 0.579. The van der Waals surface area contributed by atoms with Gasteiger partial charge in [-0.1, -0.05) is 19.3 Å². The van der Waals surface area contributed by atoms with E-state index in [0.717, 1.165) is 55.5 Å². The molecule has 1 aliphatic heterocycles. The number of hydrogen-bond acceptors (Lipinski definition) is 2. The normalized spacial score (nSPS) is 21.1. The van der Waals surface area contributed by atoms with Crippen LogP contribution in [-0.2, 0) is 11.2 Å². The molecular formula is C19H24N2O2. The molecule has 122 valence electrons. The third-order valence-corrected chi connectivity index (χ3v) is 5.37. The molecule has 2 saturated carbocycles. The highest BCUT2D eigenvalue weighted by Crippen LogP contribution is 2.36. The maximum atomic E-state index is 12.5. The van der Waals surface area contributed by atoms with Crippen molar-refractivity contribution >= 4 is 17.5 Å². The first-order valence-corrected chi connectivity index (χ1v) is 8.97. The first-order valence-electron chi connectivity index (χ1n) is 8.97. The van der Waals surface area contributed by atoms with E-state index in [1.54, 1.807) is 0 Å². The average Bonchev–Trinajstić information content (AvgIpc) is 3.34. The van der Waals surface area contributed by atoms with Crippen molar-refractivity contribution in [2.75, 3.05) is 11.4 Å². The molecule has 1 heterocycles. The number of benzene rings is 1. The van der Waals surface area contributed by atoms with Gasteiger partial charge in [0, 0.05) is 29.8 Å². The Kier molecular flexibility index (Phi) is 3.83. The fourth-order valence-electron chi connectivity index (χ4n) is 3.84. The summed E-state index contributed by atoms with van der Waals surface area (Å²) >= 11 is 0. The summed E-state index contributed by atoms with van der Waals surface area (Å²) in [6.07, 6.45) is 8.84. The van der Waals surface area contributed by atoms with Gasteiger partial charge < -0.3 is 10.2 Å². The molecule has 3 aliphatic rings. The molecule has 0 aromatic heterocycles. The predicted octanol–water partition coefficient (Wildman–Crippen LogP) is 3.05. The first-order chi connectivity index (χ1) is 11.2. The monoisotopic (exact) mass is 312 g/mol. The van der Waals surface area contributed by atoms with Crippen LogP contribution < -0.4 is 10.2 Å². The summed E-state index contributed by atoms with van der Waals surface area (Å²) in [6, 6.07) is 6.14. The molecule has 23 heavy (non-hydrogen) atoms. The van der Waals surface area contributed by atoms with E-state index in [9.17, 15) is 9.59 Å². The summed E-state index contributed by atoms with van der Waals surface area (Å²) in [5, 5.41) is 3.17. The first kappa shape index (κ1) is 14.7. The highest BCUT2D eigenvalue weighted by atomic mass is 16.2. The molecule has 4 nitrogen and oxygen atoms in total. The van der Waals surface area contributed by atoms with Crippen LogP contribution in [0.1, 0.15) is 60.9 Å². The van der Waals surface area contributed by atoms with Crippen LogP contribution in [0.3, 0.4) is 0 Å². The summed E-state index contributed by atoms with van der Waals surface area (Å²) in [4.78, 5) is 26.7. The fourth-order valence-corrected chi connectivity index (χ4v) is 3.84. The lowest BCUT2D eigenvalue weighted by atomic mass is 9.95. The van der Waals surface area contributed by atoms with Crippen LogP contribution in [0.4, 0.5) is 5.69 Å². The number of fused-ring (bicyclic) bond motifs is 1. The van der Waals surface area contributed by atoms with Crippen molar-refractivity contribution in [2.45, 2.75) is 57.4 Å². The maximum absolute atomic E-state index is 12.5. The number of nitrogens with zero attached hydrogens (tertiary/aromatic N) is 1. The van der Waals surface area contributed by atoms with Gasteiger partial charge in [-0.05, 0) is 55.9 Å². The zero-order chi connectivity index (χ0) is 15.8. The molecule has 1 aromatic carbocycles. The van der Waals surface area contributed by atoms with Crippen molar-refractivity contribution < 1.29 is 9.59 Å². The van der Waals surface area contributed by atoms with Crippen LogP contribution in [0, 0.1) is 5.92 Å². The number of carbonyl (C=O) groups excluding carboxylic acids is 2. The topological polar surface area (TPSA) is 49.4 Å². The molecule has 0 saturated heterocycles. The van der Waals surface area contributed by atoms with Crippen LogP contribution in [0.25, 0.3) is 0 Å². The number of rotatable bonds is 3. The molecule has 4 rings (SSSR count). The molecule has 4 heteroatoms. The van der Waals surface area contributed by atoms with Crippen molar-refractivity contribution in [1.29, 1.82) is 0 Å². The van der Waals surface area contributed by atoms with Crippen molar-refractivity contribution in [3.8, 4) is 0 Å². The Morgan fingerprint density at radius 1 is 1.04 bits per heavy atom. The summed E-state index contributed by atoms with van der Waals surface area (Å²) < 4.78 is 0. The molecule has 2 aliphatic carbocycles. The summed E-state index contributed by atoms with van der Waals surface area (Å²) in [5.41, 5.74) is 2.88. The molecule has 1 aromatic rings. The van der Waals surface area contributed by atoms with E-state index in [1.807, 2.05) is 23.1 Å². The smallest absolute Gasteiger partial charge is 0.251 e. The standard InChI is InChI=1S/C19H24N2O2/c22-18(20-16-4-2-1-3-5-16)15-8-9-17-14(12-15)10-11-21(17)19(23)13-6-7-13/h8-9,12-13,16H,1-7,10-11H2,(H,20,22). The van der Waals surface area contributed by atoms with Gasteiger partial charge in [0.15, 0.2) is 0 Å². The minimum absolute atomic E-state index is 0.0340. The quantitative estimate of drug-likeness (QED) is 0.932. The van der Waals surface area contributed by atoms with E-state index in [1.165, 1.54) is 19.3 Å². The van der Waals surface area contributed by atoms with Crippen molar-refractivity contribution in [2.24, 2.45) is 5.92 Å². The predicted molar refractivity (Wildman–Crippen MR) is 89.6 cm³/mol. The molecule has 0 unspecified atom stereocenters. The Hall–Kier alpha value is -1.84. The average molecular weight is 312 g/mol. The maximum Gasteiger partial charge on any atom is 0.251 e. The number of anilines is 1. The Labute approximate surface area is 137 Å². The van der Waals surface area contributed by atoms with Gasteiger partial charge in [0.25, 0.3) is 5.91 Å². The number of nitrogens with one attached hydrogen (secondary N) is 1. The van der Waals surface area contributed by atoms with Gasteiger partial charge >= 0.3 is 0 Å². The highest BCUT2D eigenvalue weighted by molar-refractivity contribution is 6.00. The van der Waals surface area contributed by atoms with E-state index in [2.05, 4.69) is 5.32 Å². The van der Waals surface area contributed by atoms with E-state index < -0.39 is 0 Å². The van der Waals surface area contributed by atoms with Gasteiger partial charge in [-0.25, -0.2) is 0 Å². The molecule has 2 amide bonds. The third-order valence-electron chi connectivity index (χ3n) is 5.37. The molecule has 0 atom stereocenters. The summed E-state index contributed by atoms with van der Waals surface area (Å²) in [6.45, 7) is 0.762. The van der Waals surface area contributed by atoms with Crippen molar-refractivity contribution in [3.63, 3.8) is 0 Å². The Morgan fingerprint density at radius 3 is 2.57 bits per heavy atom. The van der Waals surface area contributed by atoms with Gasteiger partial charge in [-0.2, -0.15) is 0 Å². The highest BCUT2D eigenvalue weighted by Gasteiger charge is 2.36. The molecule has 0 spiro atoms. The number of amides is 2. The van der Waals surface area contributed by atoms with E-state index in [4.69, 9.17) is 0 Å². The van der Waals surface area contributed by atoms with Gasteiger partial charge in [0.05, 0.1) is 0 Å². The molecule has 1 N–H and O–H groups in total. The third kappa shape index (κ3) is 2.99. The molecular weight excluding hydrogens is 288 g/mol. The van der Waals surface area contributed by atoms with E-state index >= 15 is 0 Å².